The van der Waals surface area contributed by atoms with Crippen molar-refractivity contribution in [2.75, 3.05) is 6.61 Å². The monoisotopic (exact) mass is 282 g/mol. The molecule has 0 saturated heterocycles. The van der Waals surface area contributed by atoms with Crippen molar-refractivity contribution in [3.8, 4) is 5.75 Å². The Hall–Kier alpha value is -2.08. The number of carbonyl (C=O) groups is 2. The third-order valence-corrected chi connectivity index (χ3v) is 2.65. The molecule has 0 fully saturated rings. The van der Waals surface area contributed by atoms with Crippen LogP contribution in [-0.2, 0) is 20.7 Å². The molecule has 0 unspecified atom stereocenters. The molecule has 0 aliphatic rings. The second-order valence-corrected chi connectivity index (χ2v) is 4.23. The summed E-state index contributed by atoms with van der Waals surface area (Å²) < 4.78 is 10.3. The zero-order valence-corrected chi connectivity index (χ0v) is 11.4. The Balaban J connectivity index is 2.66. The minimum atomic E-state index is -1.05. The van der Waals surface area contributed by atoms with Gasteiger partial charge >= 0.3 is 11.9 Å². The average Bonchev–Trinajstić information content (AvgIpc) is 2.40. The van der Waals surface area contributed by atoms with Crippen LogP contribution in [0.15, 0.2) is 24.3 Å². The lowest BCUT2D eigenvalue weighted by molar-refractivity contribution is -0.150. The van der Waals surface area contributed by atoms with E-state index < -0.39 is 24.1 Å². The fourth-order valence-corrected chi connectivity index (χ4v) is 1.59. The van der Waals surface area contributed by atoms with Gasteiger partial charge in [0.25, 0.3) is 0 Å². The summed E-state index contributed by atoms with van der Waals surface area (Å²) in [6, 6.07) is 6.61. The van der Waals surface area contributed by atoms with Crippen LogP contribution in [-0.4, -0.2) is 41.0 Å². The van der Waals surface area contributed by atoms with Gasteiger partial charge in [-0.05, 0) is 31.5 Å². The lowest BCUT2D eigenvalue weighted by Crippen LogP contribution is -2.26. The van der Waals surface area contributed by atoms with Gasteiger partial charge in [-0.25, -0.2) is 9.59 Å². The first-order valence-electron chi connectivity index (χ1n) is 6.26. The summed E-state index contributed by atoms with van der Waals surface area (Å²) in [4.78, 5) is 21.6. The summed E-state index contributed by atoms with van der Waals surface area (Å²) in [5, 5.41) is 17.7. The number of ether oxygens (including phenoxy) is 2. The SMILES string of the molecule is CCO[C@@H](Cc1ccc(O[C@H](C)C(=O)O)cc1)C(=O)O. The quantitative estimate of drug-likeness (QED) is 0.751. The maximum atomic E-state index is 11.0. The summed E-state index contributed by atoms with van der Waals surface area (Å²) in [6.07, 6.45) is -1.57. The van der Waals surface area contributed by atoms with Crippen LogP contribution >= 0.6 is 0 Å². The van der Waals surface area contributed by atoms with Crippen molar-refractivity contribution in [1.29, 1.82) is 0 Å². The van der Waals surface area contributed by atoms with Gasteiger partial charge in [0.15, 0.2) is 12.2 Å². The molecule has 0 aliphatic carbocycles. The molecule has 0 radical (unpaired) electrons. The number of carboxylic acid groups (broad SMARTS) is 2. The molecule has 1 aromatic carbocycles. The first-order chi connectivity index (χ1) is 9.43. The van der Waals surface area contributed by atoms with Gasteiger partial charge in [-0.2, -0.15) is 0 Å². The zero-order chi connectivity index (χ0) is 15.1. The highest BCUT2D eigenvalue weighted by Crippen LogP contribution is 2.16. The van der Waals surface area contributed by atoms with Crippen LogP contribution in [0.1, 0.15) is 19.4 Å². The van der Waals surface area contributed by atoms with E-state index in [4.69, 9.17) is 19.7 Å². The molecule has 20 heavy (non-hydrogen) atoms. The van der Waals surface area contributed by atoms with Gasteiger partial charge < -0.3 is 19.7 Å². The van der Waals surface area contributed by atoms with Gasteiger partial charge in [-0.15, -0.1) is 0 Å². The molecule has 110 valence electrons. The van der Waals surface area contributed by atoms with Crippen LogP contribution in [0.3, 0.4) is 0 Å². The van der Waals surface area contributed by atoms with Crippen LogP contribution in [0, 0.1) is 0 Å². The Morgan fingerprint density at radius 1 is 1.15 bits per heavy atom. The van der Waals surface area contributed by atoms with E-state index in [1.165, 1.54) is 6.92 Å². The first-order valence-corrected chi connectivity index (χ1v) is 6.26. The average molecular weight is 282 g/mol. The second kappa shape index (κ2) is 7.49. The maximum absolute atomic E-state index is 11.0. The summed E-state index contributed by atoms with van der Waals surface area (Å²) in [6.45, 7) is 3.50. The largest absolute Gasteiger partial charge is 0.479 e. The highest BCUT2D eigenvalue weighted by Gasteiger charge is 2.18. The lowest BCUT2D eigenvalue weighted by atomic mass is 10.1. The number of carboxylic acids is 2. The van der Waals surface area contributed by atoms with Crippen LogP contribution in [0.25, 0.3) is 0 Å². The Bertz CT molecular complexity index is 453. The molecular weight excluding hydrogens is 264 g/mol. The Kier molecular flexibility index (Phi) is 5.99. The number of hydrogen-bond donors (Lipinski definition) is 2. The standard InChI is InChI=1S/C14H18O6/c1-3-19-12(14(17)18)8-10-4-6-11(7-5-10)20-9(2)13(15)16/h4-7,9,12H,3,8H2,1-2H3,(H,15,16)(H,17,18)/t9-,12+/m1/s1. The minimum Gasteiger partial charge on any atom is -0.479 e. The summed E-state index contributed by atoms with van der Waals surface area (Å²) in [7, 11) is 0. The van der Waals surface area contributed by atoms with Crippen molar-refractivity contribution in [2.45, 2.75) is 32.5 Å². The van der Waals surface area contributed by atoms with Crippen molar-refractivity contribution in [1.82, 2.24) is 0 Å². The Morgan fingerprint density at radius 2 is 1.75 bits per heavy atom. The number of benzene rings is 1. The topological polar surface area (TPSA) is 93.1 Å². The van der Waals surface area contributed by atoms with Gasteiger partial charge in [0, 0.05) is 13.0 Å². The lowest BCUT2D eigenvalue weighted by Gasteiger charge is -2.13. The van der Waals surface area contributed by atoms with Crippen molar-refractivity contribution in [2.24, 2.45) is 0 Å². The molecule has 6 heteroatoms. The molecule has 0 bridgehead atoms. The number of rotatable bonds is 8. The Morgan fingerprint density at radius 3 is 2.20 bits per heavy atom. The van der Waals surface area contributed by atoms with E-state index in [0.717, 1.165) is 5.56 Å². The Labute approximate surface area is 116 Å². The highest BCUT2D eigenvalue weighted by molar-refractivity contribution is 5.73. The molecule has 6 nitrogen and oxygen atoms in total. The van der Waals surface area contributed by atoms with E-state index >= 15 is 0 Å². The molecule has 1 aromatic rings. The van der Waals surface area contributed by atoms with Crippen LogP contribution < -0.4 is 4.74 Å². The van der Waals surface area contributed by atoms with Crippen molar-refractivity contribution >= 4 is 11.9 Å². The first kappa shape index (κ1) is 16.0. The van der Waals surface area contributed by atoms with Crippen LogP contribution in [0.4, 0.5) is 0 Å². The van der Waals surface area contributed by atoms with Gasteiger partial charge in [0.2, 0.25) is 0 Å². The molecular formula is C14H18O6. The van der Waals surface area contributed by atoms with E-state index in [0.29, 0.717) is 12.4 Å². The van der Waals surface area contributed by atoms with Crippen LogP contribution in [0.5, 0.6) is 5.75 Å². The van der Waals surface area contributed by atoms with Crippen molar-refractivity contribution in [3.63, 3.8) is 0 Å². The zero-order valence-electron chi connectivity index (χ0n) is 11.4. The van der Waals surface area contributed by atoms with Gasteiger partial charge in [-0.3, -0.25) is 0 Å². The fourth-order valence-electron chi connectivity index (χ4n) is 1.59. The van der Waals surface area contributed by atoms with Gasteiger partial charge in [-0.1, -0.05) is 12.1 Å². The smallest absolute Gasteiger partial charge is 0.344 e. The molecule has 0 aliphatic heterocycles. The molecule has 0 spiro atoms. The summed E-state index contributed by atoms with van der Waals surface area (Å²) in [5.74, 6) is -1.63. The third kappa shape index (κ3) is 4.89. The van der Waals surface area contributed by atoms with Gasteiger partial charge in [0.1, 0.15) is 5.75 Å². The van der Waals surface area contributed by atoms with E-state index in [-0.39, 0.29) is 6.42 Å². The highest BCUT2D eigenvalue weighted by atomic mass is 16.5. The molecule has 0 amide bonds. The predicted molar refractivity (Wildman–Crippen MR) is 70.9 cm³/mol. The number of aliphatic carboxylic acids is 2. The number of hydrogen-bond acceptors (Lipinski definition) is 4. The summed E-state index contributed by atoms with van der Waals surface area (Å²) in [5.41, 5.74) is 0.779. The molecule has 1 rings (SSSR count). The normalized spacial score (nSPS) is 13.5. The predicted octanol–water partition coefficient (Wildman–Crippen LogP) is 1.57. The third-order valence-electron chi connectivity index (χ3n) is 2.65. The minimum absolute atomic E-state index is 0.248. The molecule has 0 saturated carbocycles. The van der Waals surface area contributed by atoms with E-state index in [1.807, 2.05) is 0 Å². The summed E-state index contributed by atoms with van der Waals surface area (Å²) >= 11 is 0. The molecule has 0 aromatic heterocycles. The van der Waals surface area contributed by atoms with Gasteiger partial charge in [0.05, 0.1) is 0 Å². The second-order valence-electron chi connectivity index (χ2n) is 4.23. The fraction of sp³-hybridized carbons (Fsp3) is 0.429. The van der Waals surface area contributed by atoms with Crippen molar-refractivity contribution in [3.05, 3.63) is 29.8 Å². The molecule has 0 heterocycles. The van der Waals surface area contributed by atoms with Crippen LogP contribution in [0.2, 0.25) is 0 Å². The van der Waals surface area contributed by atoms with E-state index in [1.54, 1.807) is 31.2 Å². The van der Waals surface area contributed by atoms with E-state index in [2.05, 4.69) is 0 Å². The maximum Gasteiger partial charge on any atom is 0.344 e. The molecule has 2 N–H and O–H groups in total. The van der Waals surface area contributed by atoms with Crippen molar-refractivity contribution < 1.29 is 29.3 Å². The van der Waals surface area contributed by atoms with E-state index in [9.17, 15) is 9.59 Å². The molecule has 2 atom stereocenters.